The first-order valence-electron chi connectivity index (χ1n) is 3.39. The van der Waals surface area contributed by atoms with Gasteiger partial charge in [0.15, 0.2) is 3.92 Å². The molecule has 0 aliphatic rings. The van der Waals surface area contributed by atoms with Gasteiger partial charge < -0.3 is 0 Å². The predicted molar refractivity (Wildman–Crippen MR) is 51.7 cm³/mol. The van der Waals surface area contributed by atoms with Crippen LogP contribution in [0.4, 0.5) is 0 Å². The minimum absolute atomic E-state index is 0.880. The number of rotatable bonds is 1. The van der Waals surface area contributed by atoms with E-state index in [0.717, 1.165) is 14.5 Å². The molecule has 0 amide bonds. The van der Waals surface area contributed by atoms with E-state index in [9.17, 15) is 0 Å². The minimum Gasteiger partial charge on any atom is -0.235 e. The van der Waals surface area contributed by atoms with Gasteiger partial charge in [0.05, 0.1) is 12.4 Å². The molecule has 2 aromatic heterocycles. The summed E-state index contributed by atoms with van der Waals surface area (Å²) in [6.07, 6.45) is 5.59. The van der Waals surface area contributed by atoms with Crippen LogP contribution in [0.5, 0.6) is 0 Å². The van der Waals surface area contributed by atoms with E-state index < -0.39 is 0 Å². The Kier molecular flexibility index (Phi) is 1.98. The van der Waals surface area contributed by atoms with Crippen molar-refractivity contribution in [1.29, 1.82) is 0 Å². The fourth-order valence-electron chi connectivity index (χ4n) is 0.884. The van der Waals surface area contributed by atoms with Crippen molar-refractivity contribution >= 4 is 27.3 Å². The van der Waals surface area contributed by atoms with Gasteiger partial charge in [0.25, 0.3) is 0 Å². The summed E-state index contributed by atoms with van der Waals surface area (Å²) in [5.41, 5.74) is 1.15. The minimum atomic E-state index is 0.880. The van der Waals surface area contributed by atoms with Crippen molar-refractivity contribution in [2.75, 3.05) is 0 Å². The second-order valence-electron chi connectivity index (χ2n) is 2.41. The Hall–Kier alpha value is -0.680. The second kappa shape index (κ2) is 2.99. The lowest BCUT2D eigenvalue weighted by Gasteiger charge is -1.91. The van der Waals surface area contributed by atoms with Crippen LogP contribution >= 0.6 is 27.3 Å². The molecular weight excluding hydrogens is 238 g/mol. The van der Waals surface area contributed by atoms with E-state index in [2.05, 4.69) is 26.0 Å². The van der Waals surface area contributed by atoms with Crippen molar-refractivity contribution in [3.63, 3.8) is 0 Å². The molecule has 62 valence electrons. The van der Waals surface area contributed by atoms with Gasteiger partial charge in [0.2, 0.25) is 0 Å². The topological polar surface area (TPSA) is 30.7 Å². The Balaban J connectivity index is 2.43. The summed E-state index contributed by atoms with van der Waals surface area (Å²) >= 11 is 4.86. The number of halogens is 1. The van der Waals surface area contributed by atoms with E-state index in [-0.39, 0.29) is 0 Å². The highest BCUT2D eigenvalue weighted by Crippen LogP contribution is 2.21. The van der Waals surface area contributed by atoms with Crippen LogP contribution in [0.1, 0.15) is 5.56 Å². The van der Waals surface area contributed by atoms with Crippen LogP contribution in [-0.4, -0.2) is 14.8 Å². The molecule has 0 unspecified atom stereocenters. The molecule has 3 nitrogen and oxygen atoms in total. The molecule has 0 aromatic carbocycles. The summed E-state index contributed by atoms with van der Waals surface area (Å²) in [6.45, 7) is 2.01. The highest BCUT2D eigenvalue weighted by Gasteiger charge is 2.01. The van der Waals surface area contributed by atoms with Crippen molar-refractivity contribution in [2.45, 2.75) is 6.92 Å². The lowest BCUT2D eigenvalue weighted by atomic mass is 10.4. The van der Waals surface area contributed by atoms with E-state index in [1.807, 2.05) is 24.0 Å². The molecule has 0 fully saturated rings. The molecule has 0 saturated heterocycles. The van der Waals surface area contributed by atoms with Crippen molar-refractivity contribution in [2.24, 2.45) is 0 Å². The van der Waals surface area contributed by atoms with Crippen LogP contribution in [-0.2, 0) is 0 Å². The molecule has 0 spiro atoms. The third-order valence-corrected chi connectivity index (χ3v) is 2.87. The zero-order chi connectivity index (χ0) is 8.55. The number of aromatic nitrogens is 3. The normalized spacial score (nSPS) is 10.5. The van der Waals surface area contributed by atoms with Crippen LogP contribution in [0.3, 0.4) is 0 Å². The number of thiazole rings is 1. The van der Waals surface area contributed by atoms with Crippen molar-refractivity contribution in [1.82, 2.24) is 14.8 Å². The van der Waals surface area contributed by atoms with Crippen molar-refractivity contribution < 1.29 is 0 Å². The molecule has 2 heterocycles. The number of hydrogen-bond donors (Lipinski definition) is 0. The van der Waals surface area contributed by atoms with Gasteiger partial charge in [-0.2, -0.15) is 5.10 Å². The van der Waals surface area contributed by atoms with E-state index >= 15 is 0 Å². The lowest BCUT2D eigenvalue weighted by Crippen LogP contribution is -1.88. The van der Waals surface area contributed by atoms with Gasteiger partial charge in [-0.15, -0.1) is 0 Å². The summed E-state index contributed by atoms with van der Waals surface area (Å²) in [5, 5.41) is 5.19. The average molecular weight is 244 g/mol. The summed E-state index contributed by atoms with van der Waals surface area (Å²) < 4.78 is 2.70. The van der Waals surface area contributed by atoms with Crippen LogP contribution in [0.25, 0.3) is 5.00 Å². The third-order valence-electron chi connectivity index (χ3n) is 1.40. The first kappa shape index (κ1) is 7.94. The van der Waals surface area contributed by atoms with Gasteiger partial charge in [-0.25, -0.2) is 9.67 Å². The largest absolute Gasteiger partial charge is 0.235 e. The molecule has 12 heavy (non-hydrogen) atoms. The molecule has 0 bridgehead atoms. The molecule has 2 aromatic rings. The van der Waals surface area contributed by atoms with Gasteiger partial charge in [0.1, 0.15) is 5.00 Å². The molecule has 0 aliphatic carbocycles. The molecule has 0 radical (unpaired) electrons. The standard InChI is InChI=1S/C7H6BrN3S/c1-5-2-10-11(4-5)6-3-9-7(8)12-6/h2-4H,1H3. The summed E-state index contributed by atoms with van der Waals surface area (Å²) in [4.78, 5) is 4.08. The molecular formula is C7H6BrN3S. The predicted octanol–water partition coefficient (Wildman–Crippen LogP) is 2.40. The van der Waals surface area contributed by atoms with Crippen molar-refractivity contribution in [3.05, 3.63) is 28.1 Å². The zero-order valence-electron chi connectivity index (χ0n) is 6.36. The van der Waals surface area contributed by atoms with E-state index in [1.54, 1.807) is 17.5 Å². The Morgan fingerprint density at radius 2 is 2.33 bits per heavy atom. The molecule has 0 N–H and O–H groups in total. The van der Waals surface area contributed by atoms with Crippen molar-refractivity contribution in [3.8, 4) is 5.00 Å². The molecule has 0 saturated carbocycles. The van der Waals surface area contributed by atoms with Crippen LogP contribution in [0, 0.1) is 6.92 Å². The van der Waals surface area contributed by atoms with Gasteiger partial charge in [-0.05, 0) is 28.4 Å². The summed E-state index contributed by atoms with van der Waals surface area (Å²) in [5.74, 6) is 0. The number of nitrogens with zero attached hydrogens (tertiary/aromatic N) is 3. The quantitative estimate of drug-likeness (QED) is 0.771. The highest BCUT2D eigenvalue weighted by molar-refractivity contribution is 9.11. The fraction of sp³-hybridized carbons (Fsp3) is 0.143. The average Bonchev–Trinajstić information content (AvgIpc) is 2.58. The summed E-state index contributed by atoms with van der Waals surface area (Å²) in [7, 11) is 0. The first-order valence-corrected chi connectivity index (χ1v) is 4.99. The second-order valence-corrected chi connectivity index (χ2v) is 4.70. The lowest BCUT2D eigenvalue weighted by molar-refractivity contribution is 0.894. The molecule has 0 aliphatic heterocycles. The number of aryl methyl sites for hydroxylation is 1. The number of hydrogen-bond acceptors (Lipinski definition) is 3. The van der Waals surface area contributed by atoms with E-state index in [0.29, 0.717) is 0 Å². The van der Waals surface area contributed by atoms with E-state index in [4.69, 9.17) is 0 Å². The SMILES string of the molecule is Cc1cnn(-c2cnc(Br)s2)c1. The first-order chi connectivity index (χ1) is 5.75. The van der Waals surface area contributed by atoms with Gasteiger partial charge in [0, 0.05) is 6.20 Å². The zero-order valence-corrected chi connectivity index (χ0v) is 8.76. The Morgan fingerprint density at radius 3 is 2.83 bits per heavy atom. The molecule has 0 atom stereocenters. The van der Waals surface area contributed by atoms with Crippen LogP contribution in [0.15, 0.2) is 22.5 Å². The van der Waals surface area contributed by atoms with Gasteiger partial charge in [-0.3, -0.25) is 0 Å². The highest BCUT2D eigenvalue weighted by atomic mass is 79.9. The maximum Gasteiger partial charge on any atom is 0.161 e. The Labute approximate surface area is 82.2 Å². The van der Waals surface area contributed by atoms with Gasteiger partial charge in [-0.1, -0.05) is 11.3 Å². The smallest absolute Gasteiger partial charge is 0.161 e. The Morgan fingerprint density at radius 1 is 1.50 bits per heavy atom. The Bertz CT molecular complexity index is 355. The van der Waals surface area contributed by atoms with E-state index in [1.165, 1.54) is 0 Å². The van der Waals surface area contributed by atoms with Crippen LogP contribution < -0.4 is 0 Å². The monoisotopic (exact) mass is 243 g/mol. The fourth-order valence-corrected chi connectivity index (χ4v) is 2.06. The van der Waals surface area contributed by atoms with Crippen LogP contribution in [0.2, 0.25) is 0 Å². The maximum absolute atomic E-state index is 4.17. The van der Waals surface area contributed by atoms with Gasteiger partial charge >= 0.3 is 0 Å². The maximum atomic E-state index is 4.17. The third kappa shape index (κ3) is 1.42. The molecule has 2 rings (SSSR count). The summed E-state index contributed by atoms with van der Waals surface area (Å²) in [6, 6.07) is 0. The molecule has 5 heteroatoms.